The Morgan fingerprint density at radius 3 is 3.00 bits per heavy atom. The van der Waals surface area contributed by atoms with Crippen LogP contribution < -0.4 is 5.32 Å². The van der Waals surface area contributed by atoms with Crippen LogP contribution in [0.5, 0.6) is 0 Å². The summed E-state index contributed by atoms with van der Waals surface area (Å²) >= 11 is 6.01. The molecule has 0 aliphatic carbocycles. The zero-order valence-corrected chi connectivity index (χ0v) is 16.3. The first-order valence-electron chi connectivity index (χ1n) is 7.49. The van der Waals surface area contributed by atoms with E-state index in [9.17, 15) is 0 Å². The molecule has 2 rings (SSSR count). The van der Waals surface area contributed by atoms with Crippen molar-refractivity contribution in [1.29, 1.82) is 0 Å². The largest absolute Gasteiger partial charge is 0.384 e. The summed E-state index contributed by atoms with van der Waals surface area (Å²) in [4.78, 5) is 7.05. The van der Waals surface area contributed by atoms with Gasteiger partial charge in [0.15, 0.2) is 5.96 Å². The molecule has 1 fully saturated rings. The molecule has 1 aromatic rings. The van der Waals surface area contributed by atoms with Gasteiger partial charge < -0.3 is 15.0 Å². The number of hydrogen-bond donors (Lipinski definition) is 1. The summed E-state index contributed by atoms with van der Waals surface area (Å²) < 4.78 is 5.25. The van der Waals surface area contributed by atoms with E-state index in [1.54, 1.807) is 7.11 Å². The van der Waals surface area contributed by atoms with E-state index in [0.717, 1.165) is 49.2 Å². The number of guanidine groups is 1. The number of aliphatic imine (C=N–C) groups is 1. The highest BCUT2D eigenvalue weighted by Crippen LogP contribution is 2.17. The topological polar surface area (TPSA) is 36.9 Å². The molecule has 1 heterocycles. The molecule has 1 saturated heterocycles. The molecule has 0 saturated carbocycles. The number of halogens is 2. The predicted molar refractivity (Wildman–Crippen MR) is 103 cm³/mol. The normalized spacial score (nSPS) is 18.2. The smallest absolute Gasteiger partial charge is 0.194 e. The fraction of sp³-hybridized carbons (Fsp3) is 0.562. The van der Waals surface area contributed by atoms with Crippen LogP contribution in [0.4, 0.5) is 0 Å². The summed E-state index contributed by atoms with van der Waals surface area (Å²) in [6, 6.07) is 7.86. The molecule has 0 spiro atoms. The number of likely N-dealkylation sites (tertiary alicyclic amines) is 1. The minimum absolute atomic E-state index is 0. The van der Waals surface area contributed by atoms with Crippen LogP contribution in [-0.4, -0.2) is 44.2 Å². The number of benzene rings is 1. The highest BCUT2D eigenvalue weighted by atomic mass is 127. The molecule has 1 unspecified atom stereocenters. The van der Waals surface area contributed by atoms with Crippen LogP contribution in [0.25, 0.3) is 0 Å². The van der Waals surface area contributed by atoms with Gasteiger partial charge in [0, 0.05) is 37.7 Å². The van der Waals surface area contributed by atoms with E-state index in [-0.39, 0.29) is 24.0 Å². The van der Waals surface area contributed by atoms with E-state index in [2.05, 4.69) is 23.2 Å². The summed E-state index contributed by atoms with van der Waals surface area (Å²) in [5.41, 5.74) is 1.13. The quantitative estimate of drug-likeness (QED) is 0.436. The standard InChI is InChI=1S/C16H24ClN3O.HI/c1-3-18-16(20-8-7-14(11-20)12-21-2)19-10-13-5-4-6-15(17)9-13;/h4-6,9,14H,3,7-8,10-12H2,1-2H3,(H,18,19);1H. The van der Waals surface area contributed by atoms with Crippen LogP contribution in [0.3, 0.4) is 0 Å². The first kappa shape index (κ1) is 19.5. The van der Waals surface area contributed by atoms with E-state index >= 15 is 0 Å². The lowest BCUT2D eigenvalue weighted by Gasteiger charge is -2.21. The molecule has 0 amide bonds. The molecule has 124 valence electrons. The molecule has 1 N–H and O–H groups in total. The predicted octanol–water partition coefficient (Wildman–Crippen LogP) is 3.39. The minimum atomic E-state index is 0. The molecule has 0 bridgehead atoms. The Morgan fingerprint density at radius 1 is 1.50 bits per heavy atom. The molecular weight excluding hydrogens is 413 g/mol. The molecule has 4 nitrogen and oxygen atoms in total. The number of hydrogen-bond acceptors (Lipinski definition) is 2. The number of nitrogens with one attached hydrogen (secondary N) is 1. The van der Waals surface area contributed by atoms with Crippen molar-refractivity contribution in [2.75, 3.05) is 33.4 Å². The number of nitrogens with zero attached hydrogens (tertiary/aromatic N) is 2. The highest BCUT2D eigenvalue weighted by molar-refractivity contribution is 14.0. The Balaban J connectivity index is 0.00000242. The summed E-state index contributed by atoms with van der Waals surface area (Å²) in [5.74, 6) is 1.58. The second-order valence-electron chi connectivity index (χ2n) is 5.36. The van der Waals surface area contributed by atoms with Crippen molar-refractivity contribution in [3.8, 4) is 0 Å². The van der Waals surface area contributed by atoms with Crippen molar-refractivity contribution < 1.29 is 4.74 Å². The van der Waals surface area contributed by atoms with Crippen molar-refractivity contribution in [3.05, 3.63) is 34.9 Å². The van der Waals surface area contributed by atoms with Gasteiger partial charge in [-0.2, -0.15) is 0 Å². The summed E-state index contributed by atoms with van der Waals surface area (Å²) in [6.45, 7) is 6.49. The third-order valence-electron chi connectivity index (χ3n) is 3.62. The third-order valence-corrected chi connectivity index (χ3v) is 3.86. The van der Waals surface area contributed by atoms with Crippen molar-refractivity contribution >= 4 is 41.5 Å². The Morgan fingerprint density at radius 2 is 2.32 bits per heavy atom. The molecule has 22 heavy (non-hydrogen) atoms. The van der Waals surface area contributed by atoms with Gasteiger partial charge in [-0.05, 0) is 31.0 Å². The van der Waals surface area contributed by atoms with Crippen molar-refractivity contribution in [2.45, 2.75) is 19.9 Å². The number of rotatable bonds is 5. The molecule has 1 atom stereocenters. The Labute approximate surface area is 155 Å². The van der Waals surface area contributed by atoms with E-state index in [1.807, 2.05) is 18.2 Å². The molecule has 1 aliphatic heterocycles. The maximum absolute atomic E-state index is 6.01. The van der Waals surface area contributed by atoms with Crippen LogP contribution in [0.15, 0.2) is 29.3 Å². The first-order valence-corrected chi connectivity index (χ1v) is 7.87. The van der Waals surface area contributed by atoms with Crippen LogP contribution in [0.1, 0.15) is 18.9 Å². The Kier molecular flexibility index (Phi) is 9.12. The molecule has 1 aromatic carbocycles. The SMILES string of the molecule is CCNC(=NCc1cccc(Cl)c1)N1CCC(COC)C1.I. The monoisotopic (exact) mass is 437 g/mol. The lowest BCUT2D eigenvalue weighted by Crippen LogP contribution is -2.40. The van der Waals surface area contributed by atoms with Gasteiger partial charge in [-0.25, -0.2) is 4.99 Å². The van der Waals surface area contributed by atoms with E-state index in [0.29, 0.717) is 12.5 Å². The van der Waals surface area contributed by atoms with Gasteiger partial charge in [-0.1, -0.05) is 23.7 Å². The average molecular weight is 438 g/mol. The molecule has 1 aliphatic rings. The second-order valence-corrected chi connectivity index (χ2v) is 5.79. The van der Waals surface area contributed by atoms with E-state index < -0.39 is 0 Å². The van der Waals surface area contributed by atoms with Crippen molar-refractivity contribution in [1.82, 2.24) is 10.2 Å². The van der Waals surface area contributed by atoms with Crippen molar-refractivity contribution in [2.24, 2.45) is 10.9 Å². The van der Waals surface area contributed by atoms with Crippen LogP contribution in [0, 0.1) is 5.92 Å². The van der Waals surface area contributed by atoms with E-state index in [1.165, 1.54) is 0 Å². The fourth-order valence-corrected chi connectivity index (χ4v) is 2.84. The summed E-state index contributed by atoms with van der Waals surface area (Å²) in [6.07, 6.45) is 1.16. The van der Waals surface area contributed by atoms with Crippen LogP contribution >= 0.6 is 35.6 Å². The van der Waals surface area contributed by atoms with Crippen LogP contribution in [-0.2, 0) is 11.3 Å². The fourth-order valence-electron chi connectivity index (χ4n) is 2.62. The maximum Gasteiger partial charge on any atom is 0.194 e. The van der Waals surface area contributed by atoms with Gasteiger partial charge in [-0.15, -0.1) is 24.0 Å². The van der Waals surface area contributed by atoms with Gasteiger partial charge in [-0.3, -0.25) is 0 Å². The third kappa shape index (κ3) is 5.93. The van der Waals surface area contributed by atoms with Crippen LogP contribution in [0.2, 0.25) is 5.02 Å². The maximum atomic E-state index is 6.01. The van der Waals surface area contributed by atoms with Gasteiger partial charge >= 0.3 is 0 Å². The minimum Gasteiger partial charge on any atom is -0.384 e. The highest BCUT2D eigenvalue weighted by Gasteiger charge is 2.24. The van der Waals surface area contributed by atoms with Gasteiger partial charge in [0.05, 0.1) is 13.2 Å². The number of methoxy groups -OCH3 is 1. The lowest BCUT2D eigenvalue weighted by atomic mass is 10.1. The Bertz CT molecular complexity index is 484. The number of ether oxygens (including phenoxy) is 1. The first-order chi connectivity index (χ1) is 10.2. The lowest BCUT2D eigenvalue weighted by molar-refractivity contribution is 0.157. The molecule has 0 radical (unpaired) electrons. The zero-order valence-electron chi connectivity index (χ0n) is 13.2. The van der Waals surface area contributed by atoms with E-state index in [4.69, 9.17) is 21.3 Å². The average Bonchev–Trinajstić information content (AvgIpc) is 2.92. The summed E-state index contributed by atoms with van der Waals surface area (Å²) in [5, 5.41) is 4.13. The van der Waals surface area contributed by atoms with Crippen molar-refractivity contribution in [3.63, 3.8) is 0 Å². The zero-order chi connectivity index (χ0) is 15.1. The molecular formula is C16H25ClIN3O. The Hall–Kier alpha value is -0.530. The molecule has 0 aromatic heterocycles. The van der Waals surface area contributed by atoms with Gasteiger partial charge in [0.2, 0.25) is 0 Å². The summed E-state index contributed by atoms with van der Waals surface area (Å²) in [7, 11) is 1.76. The van der Waals surface area contributed by atoms with Gasteiger partial charge in [0.1, 0.15) is 0 Å². The molecule has 6 heteroatoms. The van der Waals surface area contributed by atoms with Gasteiger partial charge in [0.25, 0.3) is 0 Å². The second kappa shape index (κ2) is 10.3.